The van der Waals surface area contributed by atoms with E-state index in [-0.39, 0.29) is 5.91 Å². The van der Waals surface area contributed by atoms with Crippen molar-refractivity contribution in [1.82, 2.24) is 19.2 Å². The molecule has 8 heteroatoms. The zero-order valence-electron chi connectivity index (χ0n) is 18.1. The molecule has 1 aliphatic heterocycles. The van der Waals surface area contributed by atoms with Crippen molar-refractivity contribution in [3.05, 3.63) is 40.4 Å². The zero-order valence-corrected chi connectivity index (χ0v) is 18.9. The normalized spacial score (nSPS) is 15.1. The Labute approximate surface area is 181 Å². The van der Waals surface area contributed by atoms with Crippen molar-refractivity contribution < 1.29 is 9.53 Å². The molecule has 1 amide bonds. The molecule has 3 heterocycles. The van der Waals surface area contributed by atoms with E-state index in [1.165, 1.54) is 16.9 Å². The van der Waals surface area contributed by atoms with Gasteiger partial charge in [0.05, 0.1) is 6.61 Å². The lowest BCUT2D eigenvalue weighted by atomic mass is 10.1. The van der Waals surface area contributed by atoms with Gasteiger partial charge < -0.3 is 19.9 Å². The Bertz CT molecular complexity index is 1050. The summed E-state index contributed by atoms with van der Waals surface area (Å²) >= 11 is 1.48. The van der Waals surface area contributed by atoms with Gasteiger partial charge in [0.2, 0.25) is 0 Å². The molecular formula is C22H29N5O2S. The predicted molar refractivity (Wildman–Crippen MR) is 122 cm³/mol. The van der Waals surface area contributed by atoms with E-state index < -0.39 is 0 Å². The standard InChI is InChI=1S/C22H29N5O2S/c1-15-6-5-7-17(14-15)18-20(23-8-13-29-4)27-16(2)19(30-22(27)24-18)21(28)26-11-9-25(3)10-12-26/h5-7,14,23H,8-13H2,1-4H3. The van der Waals surface area contributed by atoms with E-state index in [1.54, 1.807) is 7.11 Å². The molecular weight excluding hydrogens is 398 g/mol. The number of rotatable bonds is 6. The van der Waals surface area contributed by atoms with Crippen LogP contribution in [0.1, 0.15) is 20.9 Å². The van der Waals surface area contributed by atoms with Crippen LogP contribution in [-0.2, 0) is 4.74 Å². The summed E-state index contributed by atoms with van der Waals surface area (Å²) in [7, 11) is 3.79. The molecule has 3 aromatic rings. The minimum Gasteiger partial charge on any atom is -0.383 e. The van der Waals surface area contributed by atoms with Crippen LogP contribution in [0.4, 0.5) is 5.82 Å². The highest BCUT2D eigenvalue weighted by Gasteiger charge is 2.27. The van der Waals surface area contributed by atoms with Gasteiger partial charge in [-0.15, -0.1) is 0 Å². The first-order valence-corrected chi connectivity index (χ1v) is 11.1. The van der Waals surface area contributed by atoms with Gasteiger partial charge in [-0.3, -0.25) is 9.20 Å². The van der Waals surface area contributed by atoms with Gasteiger partial charge in [-0.1, -0.05) is 35.1 Å². The van der Waals surface area contributed by atoms with E-state index >= 15 is 0 Å². The number of methoxy groups -OCH3 is 1. The summed E-state index contributed by atoms with van der Waals surface area (Å²) in [6.45, 7) is 8.71. The van der Waals surface area contributed by atoms with Crippen LogP contribution in [0.5, 0.6) is 0 Å². The highest BCUT2D eigenvalue weighted by atomic mass is 32.1. The Kier molecular flexibility index (Phi) is 6.08. The molecule has 1 aliphatic rings. The molecule has 1 saturated heterocycles. The van der Waals surface area contributed by atoms with Crippen LogP contribution < -0.4 is 5.32 Å². The second-order valence-corrected chi connectivity index (χ2v) is 8.81. The van der Waals surface area contributed by atoms with Gasteiger partial charge in [0.25, 0.3) is 5.91 Å². The molecule has 30 heavy (non-hydrogen) atoms. The van der Waals surface area contributed by atoms with Crippen LogP contribution in [0, 0.1) is 13.8 Å². The Hall–Kier alpha value is -2.42. The average Bonchev–Trinajstić information content (AvgIpc) is 3.25. The van der Waals surface area contributed by atoms with Crippen molar-refractivity contribution in [3.8, 4) is 11.3 Å². The molecule has 2 aromatic heterocycles. The Balaban J connectivity index is 1.74. The first-order chi connectivity index (χ1) is 14.5. The summed E-state index contributed by atoms with van der Waals surface area (Å²) in [6, 6.07) is 8.34. The van der Waals surface area contributed by atoms with Gasteiger partial charge in [-0.2, -0.15) is 0 Å². The molecule has 1 N–H and O–H groups in total. The van der Waals surface area contributed by atoms with Gasteiger partial charge in [0.1, 0.15) is 16.4 Å². The third-order valence-corrected chi connectivity index (χ3v) is 6.71. The number of imidazole rings is 1. The van der Waals surface area contributed by atoms with Gasteiger partial charge in [0, 0.05) is 51.1 Å². The zero-order chi connectivity index (χ0) is 21.3. The lowest BCUT2D eigenvalue weighted by molar-refractivity contribution is 0.0668. The molecule has 4 rings (SSSR count). The number of hydrogen-bond donors (Lipinski definition) is 1. The fourth-order valence-electron chi connectivity index (χ4n) is 3.83. The number of aryl methyl sites for hydroxylation is 2. The summed E-state index contributed by atoms with van der Waals surface area (Å²) < 4.78 is 7.31. The molecule has 7 nitrogen and oxygen atoms in total. The lowest BCUT2D eigenvalue weighted by Gasteiger charge is -2.32. The maximum absolute atomic E-state index is 13.2. The van der Waals surface area contributed by atoms with E-state index in [0.717, 1.165) is 58.8 Å². The Morgan fingerprint density at radius 2 is 2.00 bits per heavy atom. The molecule has 1 fully saturated rings. The number of thiazole rings is 1. The van der Waals surface area contributed by atoms with Crippen LogP contribution in [0.15, 0.2) is 24.3 Å². The largest absolute Gasteiger partial charge is 0.383 e. The van der Waals surface area contributed by atoms with E-state index in [1.807, 2.05) is 17.9 Å². The van der Waals surface area contributed by atoms with Crippen LogP contribution >= 0.6 is 11.3 Å². The van der Waals surface area contributed by atoms with E-state index in [2.05, 4.69) is 46.8 Å². The fraction of sp³-hybridized carbons (Fsp3) is 0.455. The van der Waals surface area contributed by atoms with Crippen molar-refractivity contribution >= 4 is 28.0 Å². The Morgan fingerprint density at radius 1 is 1.23 bits per heavy atom. The van der Waals surface area contributed by atoms with Crippen LogP contribution in [0.2, 0.25) is 0 Å². The van der Waals surface area contributed by atoms with Crippen molar-refractivity contribution in [2.24, 2.45) is 0 Å². The van der Waals surface area contributed by atoms with Crippen LogP contribution in [0.25, 0.3) is 16.2 Å². The van der Waals surface area contributed by atoms with Crippen molar-refractivity contribution in [1.29, 1.82) is 0 Å². The quantitative estimate of drug-likeness (QED) is 0.613. The number of carbonyl (C=O) groups excluding carboxylic acids is 1. The second kappa shape index (κ2) is 8.75. The summed E-state index contributed by atoms with van der Waals surface area (Å²) in [6.07, 6.45) is 0. The van der Waals surface area contributed by atoms with E-state index in [9.17, 15) is 4.79 Å². The number of anilines is 1. The lowest BCUT2D eigenvalue weighted by Crippen LogP contribution is -2.47. The number of ether oxygens (including phenoxy) is 1. The first kappa shape index (κ1) is 20.8. The molecule has 0 unspecified atom stereocenters. The van der Waals surface area contributed by atoms with E-state index in [4.69, 9.17) is 9.72 Å². The third kappa shape index (κ3) is 3.95. The van der Waals surface area contributed by atoms with Gasteiger partial charge in [0.15, 0.2) is 4.96 Å². The predicted octanol–water partition coefficient (Wildman–Crippen LogP) is 3.13. The molecule has 0 atom stereocenters. The number of likely N-dealkylation sites (N-methyl/N-ethyl adjacent to an activating group) is 1. The van der Waals surface area contributed by atoms with Crippen LogP contribution in [0.3, 0.4) is 0 Å². The highest BCUT2D eigenvalue weighted by molar-refractivity contribution is 7.19. The number of amides is 1. The third-order valence-electron chi connectivity index (χ3n) is 5.58. The number of hydrogen-bond acceptors (Lipinski definition) is 6. The number of benzene rings is 1. The summed E-state index contributed by atoms with van der Waals surface area (Å²) in [5.74, 6) is 1.02. The van der Waals surface area contributed by atoms with Crippen molar-refractivity contribution in [2.45, 2.75) is 13.8 Å². The average molecular weight is 428 g/mol. The van der Waals surface area contributed by atoms with Crippen LogP contribution in [-0.4, -0.2) is 78.6 Å². The molecule has 1 aromatic carbocycles. The minimum absolute atomic E-state index is 0.107. The Morgan fingerprint density at radius 3 is 2.70 bits per heavy atom. The SMILES string of the molecule is COCCNc1c(-c2cccc(C)c2)nc2sc(C(=O)N3CCN(C)CC3)c(C)n12. The second-order valence-electron chi connectivity index (χ2n) is 7.83. The molecule has 0 radical (unpaired) electrons. The monoisotopic (exact) mass is 427 g/mol. The fourth-order valence-corrected chi connectivity index (χ4v) is 4.92. The molecule has 0 bridgehead atoms. The number of fused-ring (bicyclic) bond motifs is 1. The van der Waals surface area contributed by atoms with Crippen molar-refractivity contribution in [2.75, 3.05) is 58.8 Å². The van der Waals surface area contributed by atoms with Crippen molar-refractivity contribution in [3.63, 3.8) is 0 Å². The summed E-state index contributed by atoms with van der Waals surface area (Å²) in [5.41, 5.74) is 4.10. The van der Waals surface area contributed by atoms with Gasteiger partial charge in [-0.25, -0.2) is 4.98 Å². The minimum atomic E-state index is 0.107. The highest BCUT2D eigenvalue weighted by Crippen LogP contribution is 2.35. The molecule has 0 aliphatic carbocycles. The summed E-state index contributed by atoms with van der Waals surface area (Å²) in [4.78, 5) is 23.9. The number of nitrogens with zero attached hydrogens (tertiary/aromatic N) is 4. The maximum Gasteiger partial charge on any atom is 0.265 e. The summed E-state index contributed by atoms with van der Waals surface area (Å²) in [5, 5.41) is 3.48. The maximum atomic E-state index is 13.2. The van der Waals surface area contributed by atoms with Gasteiger partial charge >= 0.3 is 0 Å². The molecule has 0 spiro atoms. The number of nitrogens with one attached hydrogen (secondary N) is 1. The number of carbonyl (C=O) groups is 1. The number of aromatic nitrogens is 2. The first-order valence-electron chi connectivity index (χ1n) is 10.3. The topological polar surface area (TPSA) is 62.1 Å². The smallest absolute Gasteiger partial charge is 0.265 e. The molecule has 0 saturated carbocycles. The molecule has 160 valence electrons. The van der Waals surface area contributed by atoms with E-state index in [0.29, 0.717) is 13.2 Å². The van der Waals surface area contributed by atoms with Gasteiger partial charge in [-0.05, 0) is 27.0 Å². The number of piperazine rings is 1.